The zero-order valence-electron chi connectivity index (χ0n) is 24.2. The van der Waals surface area contributed by atoms with E-state index in [0.29, 0.717) is 23.1 Å². The number of halogens is 2. The zero-order valence-corrected chi connectivity index (χ0v) is 26.5. The van der Waals surface area contributed by atoms with Crippen LogP contribution < -0.4 is 19.7 Å². The number of urea groups is 1. The van der Waals surface area contributed by atoms with Gasteiger partial charge in [0.1, 0.15) is 5.75 Å². The molecule has 2 N–H and O–H groups in total. The molecule has 1 atom stereocenters. The summed E-state index contributed by atoms with van der Waals surface area (Å²) in [5, 5.41) is 5.70. The topological polar surface area (TPSA) is 125 Å². The number of fused-ring (bicyclic) bond motifs is 1. The van der Waals surface area contributed by atoms with Gasteiger partial charge >= 0.3 is 12.1 Å². The number of nitrogens with one attached hydrogen (secondary N) is 2. The minimum Gasteiger partial charge on any atom is -0.410 e. The molecule has 0 radical (unpaired) electrons. The van der Waals surface area contributed by atoms with E-state index in [4.69, 9.17) is 27.9 Å². The summed E-state index contributed by atoms with van der Waals surface area (Å²) in [4.78, 5) is 41.7. The van der Waals surface area contributed by atoms with Crippen LogP contribution in [0, 0.1) is 0 Å². The lowest BCUT2D eigenvalue weighted by Gasteiger charge is -2.33. The van der Waals surface area contributed by atoms with Gasteiger partial charge in [0.15, 0.2) is 5.54 Å². The summed E-state index contributed by atoms with van der Waals surface area (Å²) in [6.07, 6.45) is -0.772. The summed E-state index contributed by atoms with van der Waals surface area (Å²) in [6.45, 7) is 4.23. The fraction of sp³-hybridized carbons (Fsp3) is 0.156. The summed E-state index contributed by atoms with van der Waals surface area (Å²) >= 11 is 13.0. The minimum absolute atomic E-state index is 0.00203. The number of amides is 4. The monoisotopic (exact) mass is 666 g/mol. The van der Waals surface area contributed by atoms with Crippen LogP contribution in [0.2, 0.25) is 10.0 Å². The summed E-state index contributed by atoms with van der Waals surface area (Å²) in [7, 11) is -4.58. The Kier molecular flexibility index (Phi) is 9.06. The molecule has 0 spiro atoms. The first-order valence-corrected chi connectivity index (χ1v) is 16.1. The molecule has 0 fully saturated rings. The molecule has 45 heavy (non-hydrogen) atoms. The number of sulfonamides is 1. The van der Waals surface area contributed by atoms with E-state index in [2.05, 4.69) is 10.6 Å². The van der Waals surface area contributed by atoms with E-state index in [1.54, 1.807) is 68.4 Å². The highest BCUT2D eigenvalue weighted by Crippen LogP contribution is 2.49. The van der Waals surface area contributed by atoms with Gasteiger partial charge in [0, 0.05) is 39.9 Å². The van der Waals surface area contributed by atoms with Gasteiger partial charge in [-0.2, -0.15) is 4.31 Å². The van der Waals surface area contributed by atoms with Gasteiger partial charge in [0.05, 0.1) is 10.6 Å². The van der Waals surface area contributed by atoms with Crippen LogP contribution in [0.1, 0.15) is 25.0 Å². The molecule has 10 nitrogen and oxygen atoms in total. The van der Waals surface area contributed by atoms with Crippen molar-refractivity contribution in [2.75, 3.05) is 22.7 Å². The predicted molar refractivity (Wildman–Crippen MR) is 172 cm³/mol. The van der Waals surface area contributed by atoms with Crippen LogP contribution in [0.3, 0.4) is 0 Å². The van der Waals surface area contributed by atoms with E-state index in [1.807, 2.05) is 0 Å². The molecule has 0 bridgehead atoms. The lowest BCUT2D eigenvalue weighted by atomic mass is 9.83. The first-order valence-electron chi connectivity index (χ1n) is 13.9. The maximum absolute atomic E-state index is 14.6. The van der Waals surface area contributed by atoms with Crippen LogP contribution in [0.5, 0.6) is 5.75 Å². The molecular formula is C32H28Cl2N4O6S. The quantitative estimate of drug-likeness (QED) is 0.217. The highest BCUT2D eigenvalue weighted by molar-refractivity contribution is 7.93. The third kappa shape index (κ3) is 5.94. The van der Waals surface area contributed by atoms with E-state index in [-0.39, 0.29) is 37.4 Å². The van der Waals surface area contributed by atoms with Crippen LogP contribution >= 0.6 is 23.2 Å². The Balaban J connectivity index is 1.56. The Morgan fingerprint density at radius 2 is 1.51 bits per heavy atom. The van der Waals surface area contributed by atoms with Crippen molar-refractivity contribution in [1.82, 2.24) is 10.2 Å². The van der Waals surface area contributed by atoms with Crippen molar-refractivity contribution in [1.29, 1.82) is 0 Å². The number of hydrogen-bond acceptors (Lipinski definition) is 6. The maximum Gasteiger partial charge on any atom is 0.417 e. The van der Waals surface area contributed by atoms with Crippen LogP contribution in [0.25, 0.3) is 0 Å². The number of anilines is 2. The average Bonchev–Trinajstić information content (AvgIpc) is 3.26. The van der Waals surface area contributed by atoms with Gasteiger partial charge in [-0.15, -0.1) is 0 Å². The Labute approximate surface area is 270 Å². The fourth-order valence-corrected chi connectivity index (χ4v) is 7.03. The number of benzene rings is 4. The van der Waals surface area contributed by atoms with E-state index in [1.165, 1.54) is 47.4 Å². The van der Waals surface area contributed by atoms with Crippen molar-refractivity contribution < 1.29 is 27.5 Å². The van der Waals surface area contributed by atoms with E-state index in [0.717, 1.165) is 0 Å². The molecule has 1 heterocycles. The highest BCUT2D eigenvalue weighted by atomic mass is 35.5. The first kappa shape index (κ1) is 31.8. The average molecular weight is 668 g/mol. The predicted octanol–water partition coefficient (Wildman–Crippen LogP) is 6.63. The maximum atomic E-state index is 14.6. The molecule has 1 aliphatic heterocycles. The van der Waals surface area contributed by atoms with Crippen molar-refractivity contribution in [3.63, 3.8) is 0 Å². The Bertz CT molecular complexity index is 1870. The standard InChI is InChI=1S/C32H28Cl2N4O6S/c1-3-37(4-2)30(40)36-32(25-12-8-9-13-27(25)34)26-20-21(33)14-19-28(26)38(29(32)39)45(42,43)24-17-15-22(16-18-24)35-31(41)44-23-10-6-5-7-11-23/h5-20H,3-4H2,1-2H3,(H,35,41)(H,36,40). The van der Waals surface area contributed by atoms with Crippen molar-refractivity contribution >= 4 is 62.6 Å². The van der Waals surface area contributed by atoms with Gasteiger partial charge in [-0.05, 0) is 74.5 Å². The number of hydrogen-bond donors (Lipinski definition) is 2. The molecule has 13 heteroatoms. The van der Waals surface area contributed by atoms with Gasteiger partial charge in [0.2, 0.25) is 0 Å². The first-order chi connectivity index (χ1) is 21.5. The molecule has 0 saturated carbocycles. The molecule has 4 aromatic rings. The second-order valence-electron chi connectivity index (χ2n) is 9.92. The van der Waals surface area contributed by atoms with Gasteiger partial charge < -0.3 is 15.0 Å². The van der Waals surface area contributed by atoms with Crippen molar-refractivity contribution in [3.8, 4) is 5.75 Å². The molecule has 1 unspecified atom stereocenters. The lowest BCUT2D eigenvalue weighted by Crippen LogP contribution is -2.57. The molecule has 4 amide bonds. The Morgan fingerprint density at radius 1 is 0.867 bits per heavy atom. The lowest BCUT2D eigenvalue weighted by molar-refractivity contribution is -0.121. The largest absolute Gasteiger partial charge is 0.417 e. The number of nitrogens with zero attached hydrogens (tertiary/aromatic N) is 2. The molecule has 4 aromatic carbocycles. The van der Waals surface area contributed by atoms with Gasteiger partial charge in [0.25, 0.3) is 15.9 Å². The molecular weight excluding hydrogens is 639 g/mol. The van der Waals surface area contributed by atoms with E-state index < -0.39 is 33.6 Å². The minimum atomic E-state index is -4.58. The molecule has 232 valence electrons. The third-order valence-electron chi connectivity index (χ3n) is 7.30. The van der Waals surface area contributed by atoms with Crippen LogP contribution in [0.15, 0.2) is 102 Å². The van der Waals surface area contributed by atoms with Crippen molar-refractivity contribution in [3.05, 3.63) is 118 Å². The number of carbonyl (C=O) groups is 3. The fourth-order valence-electron chi connectivity index (χ4n) is 5.12. The molecule has 1 aliphatic rings. The summed E-state index contributed by atoms with van der Waals surface area (Å²) in [5.74, 6) is -0.641. The van der Waals surface area contributed by atoms with E-state index in [9.17, 15) is 22.8 Å². The molecule has 0 saturated heterocycles. The molecule has 0 aliphatic carbocycles. The molecule has 0 aromatic heterocycles. The number of carbonyl (C=O) groups excluding carboxylic acids is 3. The molecule has 5 rings (SSSR count). The highest BCUT2D eigenvalue weighted by Gasteiger charge is 2.58. The van der Waals surface area contributed by atoms with Crippen LogP contribution in [-0.4, -0.2) is 44.4 Å². The van der Waals surface area contributed by atoms with Crippen molar-refractivity contribution in [2.24, 2.45) is 0 Å². The van der Waals surface area contributed by atoms with Crippen molar-refractivity contribution in [2.45, 2.75) is 24.3 Å². The second-order valence-corrected chi connectivity index (χ2v) is 12.6. The van der Waals surface area contributed by atoms with E-state index >= 15 is 0 Å². The smallest absolute Gasteiger partial charge is 0.410 e. The number of para-hydroxylation sites is 1. The second kappa shape index (κ2) is 12.8. The van der Waals surface area contributed by atoms with Gasteiger partial charge in [-0.1, -0.05) is 59.6 Å². The normalized spacial score (nSPS) is 15.7. The van der Waals surface area contributed by atoms with Gasteiger partial charge in [-0.25, -0.2) is 18.0 Å². The number of ether oxygens (including phenoxy) is 1. The van der Waals surface area contributed by atoms with Crippen LogP contribution in [-0.2, 0) is 20.4 Å². The SMILES string of the molecule is CCN(CC)C(=O)NC1(c2ccccc2Cl)C(=O)N(S(=O)(=O)c2ccc(NC(=O)Oc3ccccc3)cc2)c2ccc(Cl)cc21. The van der Waals surface area contributed by atoms with Crippen LogP contribution in [0.4, 0.5) is 21.0 Å². The third-order valence-corrected chi connectivity index (χ3v) is 9.58. The Hall–Kier alpha value is -4.58. The Morgan fingerprint density at radius 3 is 2.16 bits per heavy atom. The summed E-state index contributed by atoms with van der Waals surface area (Å²) < 4.78 is 34.3. The van der Waals surface area contributed by atoms with Gasteiger partial charge in [-0.3, -0.25) is 10.1 Å². The summed E-state index contributed by atoms with van der Waals surface area (Å²) in [6, 6.07) is 23.8. The zero-order chi connectivity index (χ0) is 32.4. The number of rotatable bonds is 8. The summed E-state index contributed by atoms with van der Waals surface area (Å²) in [5.41, 5.74) is -1.47.